The Morgan fingerprint density at radius 3 is 2.43 bits per heavy atom. The van der Waals surface area contributed by atoms with Crippen molar-refractivity contribution in [3.05, 3.63) is 107 Å². The molecule has 1 aliphatic heterocycles. The highest BCUT2D eigenvalue weighted by Gasteiger charge is 2.34. The minimum atomic E-state index is -0.995. The van der Waals surface area contributed by atoms with E-state index in [4.69, 9.17) is 14.6 Å². The molecular weight excluding hydrogens is 472 g/mol. The number of rotatable bonds is 10. The predicted molar refractivity (Wildman–Crippen MR) is 139 cm³/mol. The van der Waals surface area contributed by atoms with Crippen molar-refractivity contribution in [1.82, 2.24) is 5.43 Å². The summed E-state index contributed by atoms with van der Waals surface area (Å²) in [6, 6.07) is 18.8. The zero-order chi connectivity index (χ0) is 26.4. The normalized spacial score (nSPS) is 14.0. The average Bonchev–Trinajstić information content (AvgIpc) is 3.17. The Kier molecular flexibility index (Phi) is 7.68. The molecule has 8 nitrogen and oxygen atoms in total. The number of para-hydroxylation sites is 1. The number of hydrogen-bond donors (Lipinski definition) is 2. The molecule has 0 spiro atoms. The van der Waals surface area contributed by atoms with Crippen molar-refractivity contribution in [2.75, 3.05) is 11.6 Å². The quantitative estimate of drug-likeness (QED) is 0.241. The van der Waals surface area contributed by atoms with Gasteiger partial charge in [-0.25, -0.2) is 9.80 Å². The van der Waals surface area contributed by atoms with Gasteiger partial charge < -0.3 is 14.6 Å². The summed E-state index contributed by atoms with van der Waals surface area (Å²) in [7, 11) is 0. The fraction of sp³-hybridized carbons (Fsp3) is 0.138. The molecule has 4 rings (SSSR count). The number of allylic oxidation sites excluding steroid dienone is 1. The van der Waals surface area contributed by atoms with Crippen LogP contribution in [0.5, 0.6) is 11.5 Å². The highest BCUT2D eigenvalue weighted by atomic mass is 16.5. The van der Waals surface area contributed by atoms with Gasteiger partial charge >= 0.3 is 5.97 Å². The molecule has 0 unspecified atom stereocenters. The topological polar surface area (TPSA) is 105 Å². The molecule has 1 aliphatic rings. The zero-order valence-electron chi connectivity index (χ0n) is 20.3. The van der Waals surface area contributed by atoms with Crippen LogP contribution >= 0.6 is 0 Å². The molecule has 0 radical (unpaired) electrons. The molecule has 1 saturated heterocycles. The van der Waals surface area contributed by atoms with Gasteiger partial charge in [-0.15, -0.1) is 6.58 Å². The van der Waals surface area contributed by atoms with Crippen molar-refractivity contribution >= 4 is 29.5 Å². The first-order valence-electron chi connectivity index (χ1n) is 11.7. The first-order chi connectivity index (χ1) is 17.9. The molecule has 2 amide bonds. The maximum atomic E-state index is 13.0. The van der Waals surface area contributed by atoms with Crippen LogP contribution in [0.1, 0.15) is 34.0 Å². The van der Waals surface area contributed by atoms with Crippen molar-refractivity contribution in [2.24, 2.45) is 0 Å². The Balaban J connectivity index is 1.64. The van der Waals surface area contributed by atoms with Gasteiger partial charge in [0, 0.05) is 5.56 Å². The molecule has 0 atom stereocenters. The summed E-state index contributed by atoms with van der Waals surface area (Å²) in [5.74, 6) is -0.974. The van der Waals surface area contributed by atoms with E-state index in [1.807, 2.05) is 19.1 Å². The molecule has 0 aromatic heterocycles. The largest absolute Gasteiger partial charge is 0.490 e. The van der Waals surface area contributed by atoms with Gasteiger partial charge in [-0.1, -0.05) is 36.4 Å². The van der Waals surface area contributed by atoms with Gasteiger partial charge in [0.1, 0.15) is 12.2 Å². The van der Waals surface area contributed by atoms with Gasteiger partial charge in [-0.3, -0.25) is 15.0 Å². The van der Waals surface area contributed by atoms with Crippen LogP contribution in [0.25, 0.3) is 6.08 Å². The van der Waals surface area contributed by atoms with Crippen molar-refractivity contribution in [2.45, 2.75) is 20.0 Å². The fourth-order valence-electron chi connectivity index (χ4n) is 3.88. The molecule has 37 heavy (non-hydrogen) atoms. The van der Waals surface area contributed by atoms with Crippen molar-refractivity contribution in [3.63, 3.8) is 0 Å². The summed E-state index contributed by atoms with van der Waals surface area (Å²) in [6.07, 6.45) is 3.71. The molecule has 0 bridgehead atoms. The number of anilines is 1. The third-order valence-electron chi connectivity index (χ3n) is 5.62. The smallest absolute Gasteiger partial charge is 0.335 e. The van der Waals surface area contributed by atoms with Crippen LogP contribution in [0.2, 0.25) is 0 Å². The van der Waals surface area contributed by atoms with Gasteiger partial charge in [-0.2, -0.15) is 0 Å². The number of benzene rings is 3. The number of nitrogens with one attached hydrogen (secondary N) is 1. The van der Waals surface area contributed by atoms with E-state index >= 15 is 0 Å². The molecule has 0 saturated carbocycles. The lowest BCUT2D eigenvalue weighted by Gasteiger charge is -2.17. The zero-order valence-corrected chi connectivity index (χ0v) is 20.3. The van der Waals surface area contributed by atoms with Crippen LogP contribution in [-0.2, 0) is 22.6 Å². The molecule has 3 aromatic rings. The van der Waals surface area contributed by atoms with E-state index in [0.717, 1.165) is 11.1 Å². The first-order valence-corrected chi connectivity index (χ1v) is 11.7. The van der Waals surface area contributed by atoms with Crippen LogP contribution < -0.4 is 19.9 Å². The number of carboxylic acid groups (broad SMARTS) is 1. The van der Waals surface area contributed by atoms with E-state index in [1.165, 1.54) is 23.2 Å². The standard InChI is InChI=1S/C29H26N2O6/c1-3-8-22-15-20(16-24-27(32)30-31(28(24)33)23-9-6-5-7-10-23)17-25(36-4-2)26(22)37-18-19-11-13-21(14-12-19)29(34)35/h3,5-7,9-17H,1,4,8,18H2,2H3,(H,30,32)(H,34,35). The lowest BCUT2D eigenvalue weighted by Crippen LogP contribution is -2.35. The summed E-state index contributed by atoms with van der Waals surface area (Å²) in [5, 5.41) is 10.3. The number of ether oxygens (including phenoxy) is 2. The molecule has 1 fully saturated rings. The van der Waals surface area contributed by atoms with E-state index in [2.05, 4.69) is 12.0 Å². The average molecular weight is 499 g/mol. The van der Waals surface area contributed by atoms with E-state index in [9.17, 15) is 14.4 Å². The van der Waals surface area contributed by atoms with Gasteiger partial charge in [0.2, 0.25) is 0 Å². The highest BCUT2D eigenvalue weighted by molar-refractivity contribution is 6.31. The van der Waals surface area contributed by atoms with Crippen LogP contribution in [0.15, 0.2) is 85.0 Å². The first kappa shape index (κ1) is 25.2. The van der Waals surface area contributed by atoms with E-state index < -0.39 is 17.8 Å². The van der Waals surface area contributed by atoms with E-state index in [1.54, 1.807) is 48.5 Å². The third-order valence-corrected chi connectivity index (χ3v) is 5.62. The minimum Gasteiger partial charge on any atom is -0.490 e. The summed E-state index contributed by atoms with van der Waals surface area (Å²) in [5.41, 5.74) is 5.51. The van der Waals surface area contributed by atoms with E-state index in [0.29, 0.717) is 35.8 Å². The number of carboxylic acids is 1. The van der Waals surface area contributed by atoms with Crippen molar-refractivity contribution in [3.8, 4) is 11.5 Å². The Labute approximate surface area is 214 Å². The molecule has 1 heterocycles. The number of aromatic carboxylic acids is 1. The summed E-state index contributed by atoms with van der Waals surface area (Å²) >= 11 is 0. The maximum Gasteiger partial charge on any atom is 0.335 e. The second-order valence-corrected chi connectivity index (χ2v) is 8.20. The molecule has 8 heteroatoms. The van der Waals surface area contributed by atoms with Gasteiger partial charge in [0.15, 0.2) is 11.5 Å². The highest BCUT2D eigenvalue weighted by Crippen LogP contribution is 2.36. The molecule has 188 valence electrons. The van der Waals surface area contributed by atoms with Crippen molar-refractivity contribution in [1.29, 1.82) is 0 Å². The van der Waals surface area contributed by atoms with Crippen LogP contribution in [0, 0.1) is 0 Å². The Hall–Kier alpha value is -4.85. The SMILES string of the molecule is C=CCc1cc(C=C2C(=O)NN(c3ccccc3)C2=O)cc(OCC)c1OCc1ccc(C(=O)O)cc1. The molecule has 3 aromatic carbocycles. The van der Waals surface area contributed by atoms with E-state index in [-0.39, 0.29) is 17.7 Å². The lowest BCUT2D eigenvalue weighted by molar-refractivity contribution is -0.117. The number of hydrogen-bond acceptors (Lipinski definition) is 5. The van der Waals surface area contributed by atoms with Crippen LogP contribution in [0.4, 0.5) is 5.69 Å². The summed E-state index contributed by atoms with van der Waals surface area (Å²) in [4.78, 5) is 36.7. The van der Waals surface area contributed by atoms with Crippen LogP contribution in [-0.4, -0.2) is 29.5 Å². The number of carbonyl (C=O) groups is 3. The molecule has 2 N–H and O–H groups in total. The number of hydrazine groups is 1. The van der Waals surface area contributed by atoms with Gasteiger partial charge in [0.25, 0.3) is 11.8 Å². The number of nitrogens with zero attached hydrogens (tertiary/aromatic N) is 1. The summed E-state index contributed by atoms with van der Waals surface area (Å²) in [6.45, 7) is 6.24. The maximum absolute atomic E-state index is 13.0. The second-order valence-electron chi connectivity index (χ2n) is 8.20. The Bertz CT molecular complexity index is 1360. The second kappa shape index (κ2) is 11.3. The molecular formula is C29H26N2O6. The van der Waals surface area contributed by atoms with Crippen molar-refractivity contribution < 1.29 is 29.0 Å². The Morgan fingerprint density at radius 2 is 1.78 bits per heavy atom. The Morgan fingerprint density at radius 1 is 1.05 bits per heavy atom. The lowest BCUT2D eigenvalue weighted by atomic mass is 10.0. The fourth-order valence-corrected chi connectivity index (χ4v) is 3.88. The van der Waals surface area contributed by atoms with Gasteiger partial charge in [0.05, 0.1) is 17.9 Å². The monoisotopic (exact) mass is 498 g/mol. The third kappa shape index (κ3) is 5.70. The van der Waals surface area contributed by atoms with Crippen LogP contribution in [0.3, 0.4) is 0 Å². The minimum absolute atomic E-state index is 0.00282. The summed E-state index contributed by atoms with van der Waals surface area (Å²) < 4.78 is 12.0. The predicted octanol–water partition coefficient (Wildman–Crippen LogP) is 4.55. The van der Waals surface area contributed by atoms with Gasteiger partial charge in [-0.05, 0) is 66.9 Å². The number of amides is 2. The number of carbonyl (C=O) groups excluding carboxylic acids is 2. The molecule has 0 aliphatic carbocycles.